The Bertz CT molecular complexity index is 411. The van der Waals surface area contributed by atoms with Crippen LogP contribution in [0.4, 0.5) is 0 Å². The first-order valence-corrected chi connectivity index (χ1v) is 4.75. The Hall–Kier alpha value is -1.75. The summed E-state index contributed by atoms with van der Waals surface area (Å²) in [6.45, 7) is 3.77. The second-order valence-corrected chi connectivity index (χ2v) is 4.14. The topological polar surface area (TPSA) is 37.3 Å². The molecule has 1 aromatic rings. The van der Waals surface area contributed by atoms with Gasteiger partial charge < -0.3 is 5.11 Å². The minimum atomic E-state index is -0.813. The van der Waals surface area contributed by atoms with Gasteiger partial charge in [-0.15, -0.1) is 6.42 Å². The summed E-state index contributed by atoms with van der Waals surface area (Å²) in [5, 5.41) is 8.82. The number of hydrogen-bond acceptors (Lipinski definition) is 1. The van der Waals surface area contributed by atoms with Gasteiger partial charge in [-0.05, 0) is 11.6 Å². The second kappa shape index (κ2) is 4.18. The average Bonchev–Trinajstić information content (AvgIpc) is 2.16. The van der Waals surface area contributed by atoms with Gasteiger partial charge in [0.15, 0.2) is 0 Å². The number of terminal acetylenes is 1. The largest absolute Gasteiger partial charge is 0.481 e. The summed E-state index contributed by atoms with van der Waals surface area (Å²) in [6, 6.07) is 7.45. The molecule has 0 radical (unpaired) electrons. The van der Waals surface area contributed by atoms with Gasteiger partial charge in [0, 0.05) is 11.0 Å². The van der Waals surface area contributed by atoms with Crippen LogP contribution in [0, 0.1) is 12.3 Å². The molecule has 0 aliphatic rings. The maximum Gasteiger partial charge on any atom is 0.304 e. The van der Waals surface area contributed by atoms with Crippen LogP contribution in [0.3, 0.4) is 0 Å². The van der Waals surface area contributed by atoms with Gasteiger partial charge in [0.25, 0.3) is 0 Å². The van der Waals surface area contributed by atoms with Crippen molar-refractivity contribution in [2.24, 2.45) is 0 Å². The lowest BCUT2D eigenvalue weighted by Crippen LogP contribution is -2.22. The van der Waals surface area contributed by atoms with Gasteiger partial charge in [-0.1, -0.05) is 38.0 Å². The van der Waals surface area contributed by atoms with E-state index in [0.717, 1.165) is 11.1 Å². The van der Waals surface area contributed by atoms with Crippen LogP contribution in [0.5, 0.6) is 0 Å². The highest BCUT2D eigenvalue weighted by atomic mass is 16.4. The molecule has 1 N–H and O–H groups in total. The van der Waals surface area contributed by atoms with E-state index < -0.39 is 11.4 Å². The third-order valence-corrected chi connectivity index (χ3v) is 2.40. The minimum Gasteiger partial charge on any atom is -0.481 e. The van der Waals surface area contributed by atoms with Crippen molar-refractivity contribution < 1.29 is 9.90 Å². The number of rotatable bonds is 3. The maximum absolute atomic E-state index is 10.7. The van der Waals surface area contributed by atoms with Crippen molar-refractivity contribution in [2.45, 2.75) is 25.7 Å². The van der Waals surface area contributed by atoms with E-state index in [2.05, 4.69) is 5.92 Å². The van der Waals surface area contributed by atoms with Crippen LogP contribution in [-0.2, 0) is 10.2 Å². The molecule has 2 nitrogen and oxygen atoms in total. The molecule has 0 fully saturated rings. The van der Waals surface area contributed by atoms with E-state index in [1.54, 1.807) is 0 Å². The normalized spacial score (nSPS) is 10.7. The number of aliphatic carboxylic acids is 1. The predicted octanol–water partition coefficient (Wildman–Crippen LogP) is 2.42. The van der Waals surface area contributed by atoms with Gasteiger partial charge in [-0.3, -0.25) is 4.79 Å². The summed E-state index contributed by atoms with van der Waals surface area (Å²) < 4.78 is 0. The van der Waals surface area contributed by atoms with E-state index in [0.29, 0.717) is 0 Å². The standard InChI is InChI=1S/C13H14O2/c1-4-10-7-5-6-8-11(10)13(2,3)9-12(14)15/h1,5-8H,9H2,2-3H3,(H,14,15). The van der Waals surface area contributed by atoms with Crippen molar-refractivity contribution in [3.8, 4) is 12.3 Å². The van der Waals surface area contributed by atoms with E-state index in [4.69, 9.17) is 11.5 Å². The first kappa shape index (κ1) is 11.3. The van der Waals surface area contributed by atoms with E-state index in [1.807, 2.05) is 38.1 Å². The van der Waals surface area contributed by atoms with Crippen molar-refractivity contribution in [3.63, 3.8) is 0 Å². The maximum atomic E-state index is 10.7. The molecule has 2 heteroatoms. The number of carbonyl (C=O) groups is 1. The zero-order valence-corrected chi connectivity index (χ0v) is 8.95. The van der Waals surface area contributed by atoms with E-state index in [9.17, 15) is 4.79 Å². The zero-order valence-electron chi connectivity index (χ0n) is 8.95. The molecule has 1 rings (SSSR count). The smallest absolute Gasteiger partial charge is 0.304 e. The third kappa shape index (κ3) is 2.60. The molecule has 1 aromatic carbocycles. The molecule has 0 atom stereocenters. The van der Waals surface area contributed by atoms with Gasteiger partial charge in [-0.2, -0.15) is 0 Å². The predicted molar refractivity (Wildman–Crippen MR) is 59.7 cm³/mol. The molecular weight excluding hydrogens is 188 g/mol. The fraction of sp³-hybridized carbons (Fsp3) is 0.308. The molecule has 0 amide bonds. The molecular formula is C13H14O2. The molecule has 0 aliphatic heterocycles. The Kier molecular flexibility index (Phi) is 3.16. The van der Waals surface area contributed by atoms with Crippen molar-refractivity contribution in [3.05, 3.63) is 35.4 Å². The third-order valence-electron chi connectivity index (χ3n) is 2.40. The Morgan fingerprint density at radius 2 is 2.07 bits per heavy atom. The number of hydrogen-bond donors (Lipinski definition) is 1. The molecule has 78 valence electrons. The number of carboxylic acid groups (broad SMARTS) is 1. The van der Waals surface area contributed by atoms with Crippen LogP contribution in [-0.4, -0.2) is 11.1 Å². The zero-order chi connectivity index (χ0) is 11.5. The summed E-state index contributed by atoms with van der Waals surface area (Å²) >= 11 is 0. The Morgan fingerprint density at radius 3 is 2.60 bits per heavy atom. The summed E-state index contributed by atoms with van der Waals surface area (Å²) in [5.41, 5.74) is 1.24. The fourth-order valence-electron chi connectivity index (χ4n) is 1.67. The summed E-state index contributed by atoms with van der Waals surface area (Å²) in [4.78, 5) is 10.7. The molecule has 0 heterocycles. The quantitative estimate of drug-likeness (QED) is 0.764. The van der Waals surface area contributed by atoms with E-state index in [1.165, 1.54) is 0 Å². The van der Waals surface area contributed by atoms with Crippen LogP contribution in [0.15, 0.2) is 24.3 Å². The van der Waals surface area contributed by atoms with Crippen molar-refractivity contribution in [1.82, 2.24) is 0 Å². The van der Waals surface area contributed by atoms with Crippen LogP contribution in [0.2, 0.25) is 0 Å². The summed E-state index contributed by atoms with van der Waals surface area (Å²) in [7, 11) is 0. The molecule has 0 aliphatic carbocycles. The first-order chi connectivity index (χ1) is 6.97. The highest BCUT2D eigenvalue weighted by molar-refractivity contribution is 5.69. The number of benzene rings is 1. The lowest BCUT2D eigenvalue weighted by atomic mass is 9.79. The average molecular weight is 202 g/mol. The SMILES string of the molecule is C#Cc1ccccc1C(C)(C)CC(=O)O. The molecule has 0 aromatic heterocycles. The summed E-state index contributed by atoms with van der Waals surface area (Å²) in [5.74, 6) is 1.77. The minimum absolute atomic E-state index is 0.0751. The fourth-order valence-corrected chi connectivity index (χ4v) is 1.67. The summed E-state index contributed by atoms with van der Waals surface area (Å²) in [6.07, 6.45) is 5.46. The first-order valence-electron chi connectivity index (χ1n) is 4.75. The van der Waals surface area contributed by atoms with Crippen LogP contribution >= 0.6 is 0 Å². The second-order valence-electron chi connectivity index (χ2n) is 4.14. The van der Waals surface area contributed by atoms with Gasteiger partial charge in [0.1, 0.15) is 0 Å². The highest BCUT2D eigenvalue weighted by Crippen LogP contribution is 2.29. The Labute approximate surface area is 89.9 Å². The highest BCUT2D eigenvalue weighted by Gasteiger charge is 2.25. The van der Waals surface area contributed by atoms with Crippen molar-refractivity contribution in [1.29, 1.82) is 0 Å². The van der Waals surface area contributed by atoms with Gasteiger partial charge in [-0.25, -0.2) is 0 Å². The van der Waals surface area contributed by atoms with Crippen molar-refractivity contribution >= 4 is 5.97 Å². The molecule has 0 saturated heterocycles. The Balaban J connectivity index is 3.15. The number of carboxylic acids is 1. The van der Waals surface area contributed by atoms with Crippen LogP contribution in [0.1, 0.15) is 31.4 Å². The molecule has 0 saturated carbocycles. The molecule has 15 heavy (non-hydrogen) atoms. The monoisotopic (exact) mass is 202 g/mol. The Morgan fingerprint density at radius 1 is 1.47 bits per heavy atom. The molecule has 0 spiro atoms. The van der Waals surface area contributed by atoms with E-state index >= 15 is 0 Å². The molecule has 0 bridgehead atoms. The van der Waals surface area contributed by atoms with Gasteiger partial charge in [0.2, 0.25) is 0 Å². The van der Waals surface area contributed by atoms with E-state index in [-0.39, 0.29) is 6.42 Å². The van der Waals surface area contributed by atoms with Crippen molar-refractivity contribution in [2.75, 3.05) is 0 Å². The lowest BCUT2D eigenvalue weighted by Gasteiger charge is -2.24. The van der Waals surface area contributed by atoms with Gasteiger partial charge >= 0.3 is 5.97 Å². The van der Waals surface area contributed by atoms with Crippen LogP contribution < -0.4 is 0 Å². The van der Waals surface area contributed by atoms with Gasteiger partial charge in [0.05, 0.1) is 6.42 Å². The lowest BCUT2D eigenvalue weighted by molar-refractivity contribution is -0.138. The molecule has 0 unspecified atom stereocenters. The van der Waals surface area contributed by atoms with Crippen LogP contribution in [0.25, 0.3) is 0 Å².